The van der Waals surface area contributed by atoms with Crippen LogP contribution >= 0.6 is 0 Å². The molecule has 0 saturated heterocycles. The van der Waals surface area contributed by atoms with Gasteiger partial charge in [0.2, 0.25) is 0 Å². The summed E-state index contributed by atoms with van der Waals surface area (Å²) in [5, 5.41) is 11.5. The SMILES string of the molecule is CC1CC(=O)C(=NO)C(C)C1. The molecule has 2 atom stereocenters. The van der Waals surface area contributed by atoms with E-state index in [9.17, 15) is 4.79 Å². The molecule has 1 N–H and O–H groups in total. The zero-order valence-electron chi connectivity index (χ0n) is 6.87. The maximum absolute atomic E-state index is 11.2. The Morgan fingerprint density at radius 3 is 2.64 bits per heavy atom. The Morgan fingerprint density at radius 2 is 2.18 bits per heavy atom. The number of hydrogen-bond donors (Lipinski definition) is 1. The lowest BCUT2D eigenvalue weighted by atomic mass is 9.81. The Hall–Kier alpha value is -0.860. The summed E-state index contributed by atoms with van der Waals surface area (Å²) in [5.74, 6) is 0.554. The summed E-state index contributed by atoms with van der Waals surface area (Å²) in [6, 6.07) is 0. The first-order valence-electron chi connectivity index (χ1n) is 3.90. The molecule has 0 heterocycles. The summed E-state index contributed by atoms with van der Waals surface area (Å²) in [7, 11) is 0. The molecule has 11 heavy (non-hydrogen) atoms. The molecule has 0 spiro atoms. The molecule has 0 radical (unpaired) electrons. The van der Waals surface area contributed by atoms with E-state index in [2.05, 4.69) is 5.16 Å². The largest absolute Gasteiger partial charge is 0.411 e. The minimum atomic E-state index is -0.00116. The Balaban J connectivity index is 2.75. The Morgan fingerprint density at radius 1 is 1.55 bits per heavy atom. The molecular formula is C8H13NO2. The van der Waals surface area contributed by atoms with E-state index >= 15 is 0 Å². The highest BCUT2D eigenvalue weighted by molar-refractivity contribution is 6.40. The van der Waals surface area contributed by atoms with Crippen LogP contribution in [0.25, 0.3) is 0 Å². The van der Waals surface area contributed by atoms with Crippen molar-refractivity contribution < 1.29 is 10.0 Å². The maximum atomic E-state index is 11.2. The minimum Gasteiger partial charge on any atom is -0.411 e. The van der Waals surface area contributed by atoms with E-state index in [-0.39, 0.29) is 11.7 Å². The van der Waals surface area contributed by atoms with Gasteiger partial charge in [0.1, 0.15) is 5.71 Å². The fourth-order valence-electron chi connectivity index (χ4n) is 1.65. The van der Waals surface area contributed by atoms with E-state index in [1.54, 1.807) is 0 Å². The van der Waals surface area contributed by atoms with Gasteiger partial charge in [-0.05, 0) is 12.3 Å². The number of ketones is 1. The van der Waals surface area contributed by atoms with Crippen LogP contribution < -0.4 is 0 Å². The van der Waals surface area contributed by atoms with Gasteiger partial charge in [0.25, 0.3) is 0 Å². The highest BCUT2D eigenvalue weighted by Gasteiger charge is 2.28. The lowest BCUT2D eigenvalue weighted by Crippen LogP contribution is -2.30. The molecule has 0 amide bonds. The number of carbonyl (C=O) groups excluding carboxylic acids is 1. The monoisotopic (exact) mass is 155 g/mol. The molecule has 1 saturated carbocycles. The topological polar surface area (TPSA) is 49.7 Å². The van der Waals surface area contributed by atoms with Crippen LogP contribution in [-0.2, 0) is 4.79 Å². The number of hydrogen-bond acceptors (Lipinski definition) is 3. The second-order valence-electron chi connectivity index (χ2n) is 3.35. The quantitative estimate of drug-likeness (QED) is 0.425. The summed E-state index contributed by atoms with van der Waals surface area (Å²) in [5.41, 5.74) is 0.350. The summed E-state index contributed by atoms with van der Waals surface area (Å²) in [6.45, 7) is 3.96. The van der Waals surface area contributed by atoms with Crippen molar-refractivity contribution in [3.63, 3.8) is 0 Å². The van der Waals surface area contributed by atoms with E-state index in [1.165, 1.54) is 0 Å². The Bertz CT molecular complexity index is 198. The average molecular weight is 155 g/mol. The number of Topliss-reactive ketones (excluding diaryl/α,β-unsaturated/α-hetero) is 1. The lowest BCUT2D eigenvalue weighted by molar-refractivity contribution is -0.114. The van der Waals surface area contributed by atoms with Gasteiger partial charge in [-0.1, -0.05) is 19.0 Å². The van der Waals surface area contributed by atoms with Crippen molar-refractivity contribution in [3.05, 3.63) is 0 Å². The van der Waals surface area contributed by atoms with Gasteiger partial charge < -0.3 is 5.21 Å². The molecular weight excluding hydrogens is 142 g/mol. The molecule has 1 rings (SSSR count). The van der Waals surface area contributed by atoms with Crippen molar-refractivity contribution in [3.8, 4) is 0 Å². The molecule has 0 aliphatic heterocycles. The number of nitrogens with zero attached hydrogens (tertiary/aromatic N) is 1. The van der Waals surface area contributed by atoms with Gasteiger partial charge in [0, 0.05) is 12.3 Å². The maximum Gasteiger partial charge on any atom is 0.180 e. The zero-order chi connectivity index (χ0) is 8.43. The zero-order valence-corrected chi connectivity index (χ0v) is 6.87. The van der Waals surface area contributed by atoms with Gasteiger partial charge in [0.15, 0.2) is 5.78 Å². The minimum absolute atomic E-state index is 0.00116. The standard InChI is InChI=1S/C8H13NO2/c1-5-3-6(2)8(9-11)7(10)4-5/h5-6,11H,3-4H2,1-2H3. The third-order valence-corrected chi connectivity index (χ3v) is 2.15. The Kier molecular flexibility index (Phi) is 2.27. The van der Waals surface area contributed by atoms with Crippen LogP contribution in [0, 0.1) is 11.8 Å². The number of oxime groups is 1. The van der Waals surface area contributed by atoms with E-state index in [0.717, 1.165) is 6.42 Å². The van der Waals surface area contributed by atoms with Gasteiger partial charge in [-0.25, -0.2) is 0 Å². The van der Waals surface area contributed by atoms with Gasteiger partial charge >= 0.3 is 0 Å². The molecule has 0 bridgehead atoms. The highest BCUT2D eigenvalue weighted by Crippen LogP contribution is 2.23. The van der Waals surface area contributed by atoms with Crippen LogP contribution in [0.4, 0.5) is 0 Å². The van der Waals surface area contributed by atoms with Gasteiger partial charge in [-0.2, -0.15) is 0 Å². The molecule has 1 aliphatic carbocycles. The second kappa shape index (κ2) is 3.03. The van der Waals surface area contributed by atoms with Crippen molar-refractivity contribution in [1.29, 1.82) is 0 Å². The first-order chi connectivity index (χ1) is 5.15. The van der Waals surface area contributed by atoms with Crippen molar-refractivity contribution in [2.45, 2.75) is 26.7 Å². The van der Waals surface area contributed by atoms with Crippen LogP contribution in [-0.4, -0.2) is 16.7 Å². The molecule has 0 aromatic heterocycles. The van der Waals surface area contributed by atoms with Crippen LogP contribution in [0.15, 0.2) is 5.16 Å². The van der Waals surface area contributed by atoms with Crippen LogP contribution in [0.3, 0.4) is 0 Å². The van der Waals surface area contributed by atoms with Crippen molar-refractivity contribution >= 4 is 11.5 Å². The van der Waals surface area contributed by atoms with Gasteiger partial charge in [-0.15, -0.1) is 0 Å². The van der Waals surface area contributed by atoms with Crippen molar-refractivity contribution in [2.24, 2.45) is 17.0 Å². The third kappa shape index (κ3) is 1.59. The molecule has 0 aromatic carbocycles. The van der Waals surface area contributed by atoms with Crippen molar-refractivity contribution in [1.82, 2.24) is 0 Å². The van der Waals surface area contributed by atoms with E-state index in [4.69, 9.17) is 5.21 Å². The van der Waals surface area contributed by atoms with E-state index < -0.39 is 0 Å². The number of rotatable bonds is 0. The first-order valence-corrected chi connectivity index (χ1v) is 3.90. The molecule has 1 aliphatic rings. The molecule has 3 nitrogen and oxygen atoms in total. The van der Waals surface area contributed by atoms with Crippen LogP contribution in [0.5, 0.6) is 0 Å². The van der Waals surface area contributed by atoms with Crippen LogP contribution in [0.1, 0.15) is 26.7 Å². The second-order valence-corrected chi connectivity index (χ2v) is 3.35. The third-order valence-electron chi connectivity index (χ3n) is 2.15. The lowest BCUT2D eigenvalue weighted by Gasteiger charge is -2.22. The fraction of sp³-hybridized carbons (Fsp3) is 0.750. The predicted molar refractivity (Wildman–Crippen MR) is 41.8 cm³/mol. The van der Waals surface area contributed by atoms with Gasteiger partial charge in [-0.3, -0.25) is 4.79 Å². The number of carbonyl (C=O) groups is 1. The van der Waals surface area contributed by atoms with E-state index in [1.807, 2.05) is 13.8 Å². The summed E-state index contributed by atoms with van der Waals surface area (Å²) in [4.78, 5) is 11.2. The molecule has 1 fully saturated rings. The normalized spacial score (nSPS) is 36.2. The van der Waals surface area contributed by atoms with Gasteiger partial charge in [0.05, 0.1) is 0 Å². The van der Waals surface area contributed by atoms with Crippen molar-refractivity contribution in [2.75, 3.05) is 0 Å². The predicted octanol–water partition coefficient (Wildman–Crippen LogP) is 1.45. The summed E-state index contributed by atoms with van der Waals surface area (Å²) >= 11 is 0. The molecule has 3 heteroatoms. The molecule has 2 unspecified atom stereocenters. The average Bonchev–Trinajstić information content (AvgIpc) is 1.85. The molecule has 62 valence electrons. The molecule has 0 aromatic rings. The Labute approximate surface area is 66.1 Å². The first kappa shape index (κ1) is 8.24. The highest BCUT2D eigenvalue weighted by atomic mass is 16.4. The summed E-state index contributed by atoms with van der Waals surface area (Å²) < 4.78 is 0. The summed E-state index contributed by atoms with van der Waals surface area (Å²) in [6.07, 6.45) is 1.48. The van der Waals surface area contributed by atoms with E-state index in [0.29, 0.717) is 18.1 Å². The smallest absolute Gasteiger partial charge is 0.180 e. The fourth-order valence-corrected chi connectivity index (χ4v) is 1.65. The van der Waals surface area contributed by atoms with Crippen LogP contribution in [0.2, 0.25) is 0 Å².